The van der Waals surface area contributed by atoms with Gasteiger partial charge in [0.2, 0.25) is 0 Å². The van der Waals surface area contributed by atoms with Crippen LogP contribution in [0, 0.1) is 28.6 Å². The second-order valence-electron chi connectivity index (χ2n) is 13.9. The maximum Gasteiger partial charge on any atom is 0.331 e. The summed E-state index contributed by atoms with van der Waals surface area (Å²) in [7, 11) is 0. The molecular formula is C31H47NO9. The lowest BCUT2D eigenvalue weighted by Crippen LogP contribution is -2.69. The highest BCUT2D eigenvalue weighted by molar-refractivity contribution is 5.85. The normalized spacial score (nSPS) is 51.6. The molecule has 0 aromatic heterocycles. The second-order valence-corrected chi connectivity index (χ2v) is 13.9. The Labute approximate surface area is 241 Å². The number of aliphatic hydroxyl groups excluding tert-OH is 3. The van der Waals surface area contributed by atoms with Crippen molar-refractivity contribution in [3.8, 4) is 0 Å². The zero-order chi connectivity index (χ0) is 29.2. The Balaban J connectivity index is 1.26. The van der Waals surface area contributed by atoms with E-state index in [2.05, 4.69) is 11.9 Å². The lowest BCUT2D eigenvalue weighted by molar-refractivity contribution is -0.282. The van der Waals surface area contributed by atoms with Crippen molar-refractivity contribution in [2.24, 2.45) is 33.6 Å². The Hall–Kier alpha value is -1.40. The first kappa shape index (κ1) is 29.7. The second kappa shape index (κ2) is 10.6. The molecule has 0 unspecified atom stereocenters. The number of hydrogen-bond donors (Lipinski definition) is 5. The van der Waals surface area contributed by atoms with Gasteiger partial charge in [0.05, 0.1) is 42.7 Å². The summed E-state index contributed by atoms with van der Waals surface area (Å²) < 4.78 is 17.4. The Kier molecular flexibility index (Phi) is 7.70. The molecule has 0 aromatic carbocycles. The van der Waals surface area contributed by atoms with E-state index in [1.54, 1.807) is 13.0 Å². The molecule has 0 bridgehead atoms. The largest absolute Gasteiger partial charge is 0.458 e. The van der Waals surface area contributed by atoms with Crippen LogP contribution < -0.4 is 0 Å². The number of carbonyl (C=O) groups is 1. The first-order valence-corrected chi connectivity index (χ1v) is 15.6. The van der Waals surface area contributed by atoms with Gasteiger partial charge in [0.25, 0.3) is 0 Å². The van der Waals surface area contributed by atoms with Gasteiger partial charge in [-0.15, -0.1) is 0 Å². The molecule has 4 aliphatic carbocycles. The third kappa shape index (κ3) is 4.55. The van der Waals surface area contributed by atoms with Crippen molar-refractivity contribution in [1.82, 2.24) is 0 Å². The Morgan fingerprint density at radius 3 is 2.59 bits per heavy atom. The smallest absolute Gasteiger partial charge is 0.331 e. The highest BCUT2D eigenvalue weighted by Gasteiger charge is 2.71. The fraction of sp³-hybridized carbons (Fsp3) is 0.871. The molecule has 0 radical (unpaired) electrons. The van der Waals surface area contributed by atoms with Gasteiger partial charge in [-0.3, -0.25) is 4.99 Å². The van der Waals surface area contributed by atoms with Crippen molar-refractivity contribution < 1.29 is 44.5 Å². The maximum absolute atomic E-state index is 12.6. The minimum absolute atomic E-state index is 0.0137. The van der Waals surface area contributed by atoms with Crippen LogP contribution >= 0.6 is 0 Å². The molecule has 0 spiro atoms. The predicted octanol–water partition coefficient (Wildman–Crippen LogP) is 1.64. The van der Waals surface area contributed by atoms with Gasteiger partial charge in [0.15, 0.2) is 6.29 Å². The van der Waals surface area contributed by atoms with Gasteiger partial charge in [0.1, 0.15) is 12.7 Å². The molecule has 10 nitrogen and oxygen atoms in total. The van der Waals surface area contributed by atoms with Crippen LogP contribution in [0.2, 0.25) is 0 Å². The van der Waals surface area contributed by atoms with Crippen molar-refractivity contribution in [2.75, 3.05) is 19.8 Å². The fourth-order valence-electron chi connectivity index (χ4n) is 10.1. The lowest BCUT2D eigenvalue weighted by Gasteiger charge is -2.66. The van der Waals surface area contributed by atoms with Gasteiger partial charge in [-0.25, -0.2) is 4.79 Å². The van der Waals surface area contributed by atoms with E-state index in [1.807, 2.05) is 6.21 Å². The van der Waals surface area contributed by atoms with Crippen LogP contribution in [-0.2, 0) is 19.0 Å². The molecule has 12 atom stereocenters. The Morgan fingerprint density at radius 1 is 1.10 bits per heavy atom. The number of aliphatic hydroxyl groups is 5. The van der Waals surface area contributed by atoms with E-state index >= 15 is 0 Å². The number of fused-ring (bicyclic) bond motifs is 5. The minimum Gasteiger partial charge on any atom is -0.458 e. The molecule has 2 aliphatic heterocycles. The Bertz CT molecular complexity index is 1070. The van der Waals surface area contributed by atoms with Crippen molar-refractivity contribution in [1.29, 1.82) is 0 Å². The standard InChI is InChI=1S/C31H47NO9/c1-18-27(36)24(34)14-26(40-18)41-20-3-8-29(17-32-11-12-33)22-4-7-28(2)21(19-13-25(35)39-16-19)6-10-31(28,38)23(22)5-9-30(29,37)15-20/h13,17-18,20-24,26-27,33-34,36-38H,3-12,14-16H2,1-2H3/t18-,20+,21-,22-,23+,24+,26+,27-,28+,29-,30-,31-/m0/s1. The lowest BCUT2D eigenvalue weighted by atomic mass is 9.41. The molecule has 5 N–H and O–H groups in total. The summed E-state index contributed by atoms with van der Waals surface area (Å²) >= 11 is 0. The molecule has 0 aromatic rings. The quantitative estimate of drug-likeness (QED) is 0.180. The number of carbonyl (C=O) groups excluding carboxylic acids is 1. The van der Waals surface area contributed by atoms with E-state index in [4.69, 9.17) is 14.2 Å². The van der Waals surface area contributed by atoms with E-state index < -0.39 is 41.2 Å². The van der Waals surface area contributed by atoms with E-state index in [0.717, 1.165) is 24.8 Å². The molecule has 4 saturated carbocycles. The number of nitrogens with zero attached hydrogens (tertiary/aromatic N) is 1. The van der Waals surface area contributed by atoms with Crippen molar-refractivity contribution in [3.63, 3.8) is 0 Å². The molecule has 230 valence electrons. The summed E-state index contributed by atoms with van der Waals surface area (Å²) in [5.41, 5.74) is -2.09. The summed E-state index contributed by atoms with van der Waals surface area (Å²) in [4.78, 5) is 16.5. The van der Waals surface area contributed by atoms with Crippen LogP contribution in [0.4, 0.5) is 0 Å². The average Bonchev–Trinajstić information content (AvgIpc) is 3.47. The average molecular weight is 578 g/mol. The predicted molar refractivity (Wildman–Crippen MR) is 148 cm³/mol. The van der Waals surface area contributed by atoms with Crippen molar-refractivity contribution in [3.05, 3.63) is 11.6 Å². The molecule has 10 heteroatoms. The number of rotatable bonds is 6. The third-order valence-electron chi connectivity index (χ3n) is 12.2. The summed E-state index contributed by atoms with van der Waals surface area (Å²) in [6, 6.07) is 0. The number of aliphatic imine (C=N–C) groups is 1. The van der Waals surface area contributed by atoms with E-state index in [9.17, 15) is 30.3 Å². The SMILES string of the molecule is C[C@@H]1O[C@H](O[C@@H]2CC[C@]3(C=NCCO)[C@H]4CC[C@]5(C)[C@H](C6=CC(=O)OC6)CC[C@]5(O)[C@@H]4CC[C@]3(O)C2)C[C@@H](O)[C@H]1O. The monoisotopic (exact) mass is 577 g/mol. The topological polar surface area (TPSA) is 158 Å². The van der Waals surface area contributed by atoms with Gasteiger partial charge in [-0.2, -0.15) is 0 Å². The minimum atomic E-state index is -1.11. The number of hydrogen-bond acceptors (Lipinski definition) is 10. The fourth-order valence-corrected chi connectivity index (χ4v) is 10.1. The van der Waals surface area contributed by atoms with E-state index in [0.29, 0.717) is 45.1 Å². The molecule has 2 heterocycles. The van der Waals surface area contributed by atoms with Crippen LogP contribution in [0.1, 0.15) is 78.1 Å². The number of ether oxygens (including phenoxy) is 3. The Morgan fingerprint density at radius 2 is 1.88 bits per heavy atom. The zero-order valence-electron chi connectivity index (χ0n) is 24.3. The summed E-state index contributed by atoms with van der Waals surface area (Å²) in [5, 5.41) is 54.8. The molecule has 1 saturated heterocycles. The molecular weight excluding hydrogens is 530 g/mol. The van der Waals surface area contributed by atoms with Gasteiger partial charge in [0, 0.05) is 36.0 Å². The van der Waals surface area contributed by atoms with E-state index in [1.165, 1.54) is 0 Å². The van der Waals surface area contributed by atoms with Crippen molar-refractivity contribution >= 4 is 12.2 Å². The van der Waals surface area contributed by atoms with Crippen LogP contribution in [0.25, 0.3) is 0 Å². The zero-order valence-corrected chi connectivity index (χ0v) is 24.3. The maximum atomic E-state index is 12.6. The van der Waals surface area contributed by atoms with Crippen LogP contribution in [0.3, 0.4) is 0 Å². The third-order valence-corrected chi connectivity index (χ3v) is 12.2. The molecule has 6 rings (SSSR count). The summed E-state index contributed by atoms with van der Waals surface area (Å²) in [5.74, 6) is -0.218. The van der Waals surface area contributed by atoms with Crippen LogP contribution in [-0.4, -0.2) is 99.4 Å². The summed E-state index contributed by atoms with van der Waals surface area (Å²) in [6.45, 7) is 4.39. The van der Waals surface area contributed by atoms with Gasteiger partial charge >= 0.3 is 5.97 Å². The molecule has 6 aliphatic rings. The van der Waals surface area contributed by atoms with E-state index in [-0.39, 0.29) is 54.8 Å². The first-order valence-electron chi connectivity index (χ1n) is 15.6. The van der Waals surface area contributed by atoms with Gasteiger partial charge in [-0.05, 0) is 81.6 Å². The van der Waals surface area contributed by atoms with Crippen molar-refractivity contribution in [2.45, 2.75) is 120 Å². The highest BCUT2D eigenvalue weighted by atomic mass is 16.7. The molecule has 5 fully saturated rings. The van der Waals surface area contributed by atoms with Gasteiger partial charge < -0.3 is 39.7 Å². The van der Waals surface area contributed by atoms with Crippen LogP contribution in [0.15, 0.2) is 16.6 Å². The summed E-state index contributed by atoms with van der Waals surface area (Å²) in [6.07, 6.45) is 6.25. The molecule has 41 heavy (non-hydrogen) atoms. The number of cyclic esters (lactones) is 1. The first-order chi connectivity index (χ1) is 19.5. The highest BCUT2D eigenvalue weighted by Crippen LogP contribution is 2.70. The molecule has 0 amide bonds. The number of esters is 1. The van der Waals surface area contributed by atoms with Crippen LogP contribution in [0.5, 0.6) is 0 Å². The van der Waals surface area contributed by atoms with Gasteiger partial charge in [-0.1, -0.05) is 6.92 Å².